The van der Waals surface area contributed by atoms with Gasteiger partial charge in [0.25, 0.3) is 0 Å². The number of ether oxygens (including phenoxy) is 1. The highest BCUT2D eigenvalue weighted by Gasteiger charge is 2.28. The monoisotopic (exact) mass is 351 g/mol. The molecule has 2 aromatic heterocycles. The van der Waals surface area contributed by atoms with Crippen LogP contribution in [0.5, 0.6) is 0 Å². The van der Waals surface area contributed by atoms with E-state index in [-0.39, 0.29) is 12.4 Å². The van der Waals surface area contributed by atoms with Crippen LogP contribution in [0.25, 0.3) is 22.4 Å². The summed E-state index contributed by atoms with van der Waals surface area (Å²) >= 11 is 0. The lowest BCUT2D eigenvalue weighted by Crippen LogP contribution is -2.17. The third-order valence-corrected chi connectivity index (χ3v) is 3.46. The van der Waals surface area contributed by atoms with Gasteiger partial charge in [-0.05, 0) is 42.0 Å². The number of halogens is 4. The van der Waals surface area contributed by atoms with E-state index in [1.807, 2.05) is 0 Å². The van der Waals surface area contributed by atoms with Gasteiger partial charge < -0.3 is 0 Å². The Kier molecular flexibility index (Phi) is 4.80. The first kappa shape index (κ1) is 17.1. The second-order valence-electron chi connectivity index (χ2n) is 5.19. The van der Waals surface area contributed by atoms with E-state index in [9.17, 15) is 17.6 Å². The van der Waals surface area contributed by atoms with Crippen LogP contribution in [0.2, 0.25) is 0 Å². The third-order valence-electron chi connectivity index (χ3n) is 3.46. The zero-order valence-corrected chi connectivity index (χ0v) is 12.9. The summed E-state index contributed by atoms with van der Waals surface area (Å²) in [6, 6.07) is 9.27. The van der Waals surface area contributed by atoms with Crippen LogP contribution in [0.15, 0.2) is 55.0 Å². The van der Waals surface area contributed by atoms with Gasteiger partial charge >= 0.3 is 6.36 Å². The van der Waals surface area contributed by atoms with Crippen LogP contribution in [-0.2, 0) is 11.3 Å². The van der Waals surface area contributed by atoms with Gasteiger partial charge in [0.1, 0.15) is 11.5 Å². The first-order chi connectivity index (χ1) is 11.9. The molecule has 0 atom stereocenters. The summed E-state index contributed by atoms with van der Waals surface area (Å²) < 4.78 is 54.7. The molecule has 1 aromatic carbocycles. The van der Waals surface area contributed by atoms with E-state index >= 15 is 0 Å². The average molecular weight is 351 g/mol. The lowest BCUT2D eigenvalue weighted by molar-refractivity contribution is -0.325. The number of nitrogens with zero attached hydrogens (tertiary/aromatic N) is 3. The van der Waals surface area contributed by atoms with Crippen molar-refractivity contribution in [1.29, 1.82) is 0 Å². The summed E-state index contributed by atoms with van der Waals surface area (Å²) in [6.07, 6.45) is 0.163. The topological polar surface area (TPSA) is 39.9 Å². The molecule has 0 radical (unpaired) electrons. The molecule has 3 rings (SSSR count). The molecule has 4 nitrogen and oxygen atoms in total. The van der Waals surface area contributed by atoms with Crippen molar-refractivity contribution in [2.24, 2.45) is 0 Å². The summed E-state index contributed by atoms with van der Waals surface area (Å²) in [6.45, 7) is -0.622. The van der Waals surface area contributed by atoms with Crippen molar-refractivity contribution >= 4 is 0 Å². The standard InChI is InChI=1S/C17H13F4N3O/c18-14-3-1-13(2-4-14)16-15(12-5-7-22-8-6-12)11-24(23-16)9-10-25-17(19,20)21/h1-8,11H,9-10H2. The fraction of sp³-hybridized carbons (Fsp3) is 0.176. The van der Waals surface area contributed by atoms with Crippen molar-refractivity contribution in [2.75, 3.05) is 6.61 Å². The minimum atomic E-state index is -4.68. The van der Waals surface area contributed by atoms with Gasteiger partial charge in [-0.15, -0.1) is 13.2 Å². The normalized spacial score (nSPS) is 11.7. The molecule has 3 aromatic rings. The lowest BCUT2D eigenvalue weighted by atomic mass is 10.0. The number of pyridine rings is 1. The van der Waals surface area contributed by atoms with Gasteiger partial charge in [0, 0.05) is 29.7 Å². The van der Waals surface area contributed by atoms with Crippen LogP contribution in [0.3, 0.4) is 0 Å². The molecule has 8 heteroatoms. The molecule has 0 spiro atoms. The van der Waals surface area contributed by atoms with Crippen molar-refractivity contribution < 1.29 is 22.3 Å². The number of alkyl halides is 3. The Morgan fingerprint density at radius 2 is 1.64 bits per heavy atom. The highest BCUT2D eigenvalue weighted by atomic mass is 19.4. The largest absolute Gasteiger partial charge is 0.522 e. The zero-order valence-electron chi connectivity index (χ0n) is 12.9. The number of hydrogen-bond donors (Lipinski definition) is 0. The summed E-state index contributed by atoms with van der Waals surface area (Å²) in [5, 5.41) is 4.33. The van der Waals surface area contributed by atoms with Gasteiger partial charge in [-0.25, -0.2) is 4.39 Å². The number of benzene rings is 1. The van der Waals surface area contributed by atoms with E-state index in [0.29, 0.717) is 16.8 Å². The van der Waals surface area contributed by atoms with E-state index < -0.39 is 13.0 Å². The van der Waals surface area contributed by atoms with Crippen molar-refractivity contribution in [2.45, 2.75) is 12.9 Å². The van der Waals surface area contributed by atoms with Crippen LogP contribution < -0.4 is 0 Å². The predicted octanol–water partition coefficient (Wildman–Crippen LogP) is 4.29. The minimum absolute atomic E-state index is 0.0706. The molecule has 25 heavy (non-hydrogen) atoms. The molecule has 0 saturated carbocycles. The van der Waals surface area contributed by atoms with Crippen LogP contribution in [0.1, 0.15) is 0 Å². The van der Waals surface area contributed by atoms with Crippen molar-refractivity contribution in [3.63, 3.8) is 0 Å². The van der Waals surface area contributed by atoms with Crippen molar-refractivity contribution in [3.05, 3.63) is 60.8 Å². The molecule has 0 bridgehead atoms. The molecular formula is C17H13F4N3O. The quantitative estimate of drug-likeness (QED) is 0.644. The maximum atomic E-state index is 13.2. The molecule has 0 saturated heterocycles. The van der Waals surface area contributed by atoms with Crippen molar-refractivity contribution in [3.8, 4) is 22.4 Å². The Balaban J connectivity index is 1.93. The average Bonchev–Trinajstić information content (AvgIpc) is 2.99. The summed E-state index contributed by atoms with van der Waals surface area (Å²) in [7, 11) is 0. The van der Waals surface area contributed by atoms with Gasteiger partial charge in [0.05, 0.1) is 13.2 Å². The number of rotatable bonds is 5. The highest BCUT2D eigenvalue weighted by Crippen LogP contribution is 2.31. The molecular weight excluding hydrogens is 338 g/mol. The molecule has 0 N–H and O–H groups in total. The van der Waals surface area contributed by atoms with Gasteiger partial charge in [-0.3, -0.25) is 14.4 Å². The number of aromatic nitrogens is 3. The summed E-state index contributed by atoms with van der Waals surface area (Å²) in [5.74, 6) is -0.382. The predicted molar refractivity (Wildman–Crippen MR) is 82.9 cm³/mol. The second kappa shape index (κ2) is 7.02. The Morgan fingerprint density at radius 3 is 2.28 bits per heavy atom. The van der Waals surface area contributed by atoms with Gasteiger partial charge in [-0.2, -0.15) is 5.10 Å². The molecule has 0 amide bonds. The Morgan fingerprint density at radius 1 is 0.960 bits per heavy atom. The Hall–Kier alpha value is -2.74. The molecule has 2 heterocycles. The minimum Gasteiger partial charge on any atom is -0.290 e. The fourth-order valence-corrected chi connectivity index (χ4v) is 2.35. The van der Waals surface area contributed by atoms with E-state index in [1.165, 1.54) is 16.8 Å². The van der Waals surface area contributed by atoms with E-state index in [1.54, 1.807) is 42.9 Å². The molecule has 0 fully saturated rings. The van der Waals surface area contributed by atoms with Crippen LogP contribution >= 0.6 is 0 Å². The van der Waals surface area contributed by atoms with Crippen LogP contribution in [0.4, 0.5) is 17.6 Å². The van der Waals surface area contributed by atoms with E-state index in [4.69, 9.17) is 0 Å². The number of hydrogen-bond acceptors (Lipinski definition) is 3. The van der Waals surface area contributed by atoms with Crippen LogP contribution in [-0.4, -0.2) is 27.7 Å². The summed E-state index contributed by atoms with van der Waals surface area (Å²) in [4.78, 5) is 3.95. The SMILES string of the molecule is Fc1ccc(-c2nn(CCOC(F)(F)F)cc2-c2ccncc2)cc1. The third kappa shape index (κ3) is 4.42. The lowest BCUT2D eigenvalue weighted by Gasteiger charge is -2.06. The zero-order chi connectivity index (χ0) is 17.9. The molecule has 0 aliphatic carbocycles. The highest BCUT2D eigenvalue weighted by molar-refractivity contribution is 5.80. The van der Waals surface area contributed by atoms with Crippen LogP contribution in [0, 0.1) is 5.82 Å². The molecule has 0 unspecified atom stereocenters. The molecule has 130 valence electrons. The first-order valence-corrected chi connectivity index (χ1v) is 7.37. The summed E-state index contributed by atoms with van der Waals surface area (Å²) in [5.41, 5.74) is 2.71. The first-order valence-electron chi connectivity index (χ1n) is 7.37. The fourth-order valence-electron chi connectivity index (χ4n) is 2.35. The second-order valence-corrected chi connectivity index (χ2v) is 5.19. The van der Waals surface area contributed by atoms with Gasteiger partial charge in [-0.1, -0.05) is 0 Å². The maximum Gasteiger partial charge on any atom is 0.522 e. The van der Waals surface area contributed by atoms with E-state index in [0.717, 1.165) is 5.56 Å². The maximum absolute atomic E-state index is 13.2. The Labute approximate surface area is 140 Å². The van der Waals surface area contributed by atoms with Gasteiger partial charge in [0.2, 0.25) is 0 Å². The Bertz CT molecular complexity index is 829. The molecule has 0 aliphatic heterocycles. The molecule has 0 aliphatic rings. The van der Waals surface area contributed by atoms with E-state index in [2.05, 4.69) is 14.8 Å². The van der Waals surface area contributed by atoms with Crippen molar-refractivity contribution in [1.82, 2.24) is 14.8 Å². The van der Waals surface area contributed by atoms with Gasteiger partial charge in [0.15, 0.2) is 0 Å². The smallest absolute Gasteiger partial charge is 0.290 e.